The molecule has 0 saturated heterocycles. The van der Waals surface area contributed by atoms with E-state index in [9.17, 15) is 4.39 Å². The van der Waals surface area contributed by atoms with Crippen molar-refractivity contribution in [1.29, 1.82) is 0 Å². The van der Waals surface area contributed by atoms with Gasteiger partial charge in [0.2, 0.25) is 0 Å². The third-order valence-corrected chi connectivity index (χ3v) is 2.12. The van der Waals surface area contributed by atoms with E-state index >= 15 is 0 Å². The lowest BCUT2D eigenvalue weighted by atomic mass is 10.1. The SMILES string of the molecule is Cc1ccc(CNCCCN)cc1F. The number of halogens is 1. The minimum atomic E-state index is -0.136. The molecule has 0 atom stereocenters. The highest BCUT2D eigenvalue weighted by Crippen LogP contribution is 2.08. The Hall–Kier alpha value is -0.930. The molecule has 0 aliphatic carbocycles. The van der Waals surface area contributed by atoms with Crippen LogP contribution in [0.5, 0.6) is 0 Å². The lowest BCUT2D eigenvalue weighted by molar-refractivity contribution is 0.609. The van der Waals surface area contributed by atoms with Gasteiger partial charge in [0, 0.05) is 6.54 Å². The fourth-order valence-corrected chi connectivity index (χ4v) is 1.21. The highest BCUT2D eigenvalue weighted by Gasteiger charge is 1.98. The summed E-state index contributed by atoms with van der Waals surface area (Å²) in [6, 6.07) is 5.31. The molecule has 0 aliphatic heterocycles. The van der Waals surface area contributed by atoms with Crippen molar-refractivity contribution in [3.8, 4) is 0 Å². The van der Waals surface area contributed by atoms with Gasteiger partial charge in [-0.05, 0) is 43.6 Å². The second-order valence-corrected chi connectivity index (χ2v) is 3.40. The number of nitrogens with two attached hydrogens (primary N) is 1. The molecule has 3 N–H and O–H groups in total. The molecule has 2 nitrogen and oxygen atoms in total. The molecule has 3 heteroatoms. The largest absolute Gasteiger partial charge is 0.330 e. The predicted molar refractivity (Wildman–Crippen MR) is 56.5 cm³/mol. The van der Waals surface area contributed by atoms with Crippen molar-refractivity contribution in [3.63, 3.8) is 0 Å². The summed E-state index contributed by atoms with van der Waals surface area (Å²) in [5.74, 6) is -0.136. The van der Waals surface area contributed by atoms with Crippen molar-refractivity contribution >= 4 is 0 Å². The second-order valence-electron chi connectivity index (χ2n) is 3.40. The topological polar surface area (TPSA) is 38.0 Å². The average Bonchev–Trinajstić information content (AvgIpc) is 2.18. The van der Waals surface area contributed by atoms with E-state index in [4.69, 9.17) is 5.73 Å². The van der Waals surface area contributed by atoms with Crippen LogP contribution in [0.3, 0.4) is 0 Å². The van der Waals surface area contributed by atoms with E-state index in [1.807, 2.05) is 6.07 Å². The molecule has 1 rings (SSSR count). The van der Waals surface area contributed by atoms with Crippen LogP contribution in [0, 0.1) is 12.7 Å². The number of aryl methyl sites for hydroxylation is 1. The Kier molecular flexibility index (Phi) is 4.56. The van der Waals surface area contributed by atoms with Gasteiger partial charge in [0.15, 0.2) is 0 Å². The third-order valence-electron chi connectivity index (χ3n) is 2.12. The number of hydrogen-bond acceptors (Lipinski definition) is 2. The van der Waals surface area contributed by atoms with Gasteiger partial charge in [0.05, 0.1) is 0 Å². The van der Waals surface area contributed by atoms with Gasteiger partial charge in [-0.25, -0.2) is 4.39 Å². The van der Waals surface area contributed by atoms with Crippen molar-refractivity contribution < 1.29 is 4.39 Å². The van der Waals surface area contributed by atoms with Crippen LogP contribution in [0.2, 0.25) is 0 Å². The quantitative estimate of drug-likeness (QED) is 0.702. The molecule has 0 spiro atoms. The molecule has 0 heterocycles. The van der Waals surface area contributed by atoms with Crippen LogP contribution < -0.4 is 11.1 Å². The van der Waals surface area contributed by atoms with E-state index in [-0.39, 0.29) is 5.82 Å². The number of hydrogen-bond donors (Lipinski definition) is 2. The van der Waals surface area contributed by atoms with Gasteiger partial charge in [0.1, 0.15) is 5.82 Å². The Balaban J connectivity index is 2.39. The summed E-state index contributed by atoms with van der Waals surface area (Å²) in [5, 5.41) is 3.20. The summed E-state index contributed by atoms with van der Waals surface area (Å²) in [5.41, 5.74) is 7.02. The first-order chi connectivity index (χ1) is 6.74. The van der Waals surface area contributed by atoms with E-state index in [0.29, 0.717) is 18.7 Å². The van der Waals surface area contributed by atoms with Crippen molar-refractivity contribution in [3.05, 3.63) is 35.1 Å². The van der Waals surface area contributed by atoms with Gasteiger partial charge in [0.25, 0.3) is 0 Å². The zero-order valence-electron chi connectivity index (χ0n) is 8.52. The Bertz CT molecular complexity index is 287. The first-order valence-corrected chi connectivity index (χ1v) is 4.90. The Morgan fingerprint density at radius 2 is 2.21 bits per heavy atom. The Morgan fingerprint density at radius 1 is 1.43 bits per heavy atom. The molecule has 0 unspecified atom stereocenters. The molecule has 14 heavy (non-hydrogen) atoms. The van der Waals surface area contributed by atoms with Crippen molar-refractivity contribution in [2.45, 2.75) is 19.9 Å². The van der Waals surface area contributed by atoms with Crippen LogP contribution in [-0.2, 0) is 6.54 Å². The van der Waals surface area contributed by atoms with Crippen LogP contribution in [0.1, 0.15) is 17.5 Å². The maximum atomic E-state index is 13.1. The van der Waals surface area contributed by atoms with Crippen LogP contribution in [0.25, 0.3) is 0 Å². The van der Waals surface area contributed by atoms with Crippen molar-refractivity contribution in [2.24, 2.45) is 5.73 Å². The van der Waals surface area contributed by atoms with Crippen molar-refractivity contribution in [1.82, 2.24) is 5.32 Å². The average molecular weight is 196 g/mol. The maximum Gasteiger partial charge on any atom is 0.126 e. The van der Waals surface area contributed by atoms with Gasteiger partial charge in [-0.15, -0.1) is 0 Å². The summed E-state index contributed by atoms with van der Waals surface area (Å²) in [6.07, 6.45) is 0.953. The molecule has 0 bridgehead atoms. The molecule has 78 valence electrons. The first kappa shape index (κ1) is 11.1. The number of benzene rings is 1. The van der Waals surface area contributed by atoms with Crippen LogP contribution >= 0.6 is 0 Å². The molecule has 0 aromatic heterocycles. The molecule has 0 amide bonds. The van der Waals surface area contributed by atoms with Gasteiger partial charge >= 0.3 is 0 Å². The highest BCUT2D eigenvalue weighted by atomic mass is 19.1. The fraction of sp³-hybridized carbons (Fsp3) is 0.455. The molecule has 0 fully saturated rings. The van der Waals surface area contributed by atoms with E-state index in [1.165, 1.54) is 0 Å². The predicted octanol–water partition coefficient (Wildman–Crippen LogP) is 1.57. The minimum absolute atomic E-state index is 0.136. The van der Waals surface area contributed by atoms with Gasteiger partial charge < -0.3 is 11.1 Å². The lowest BCUT2D eigenvalue weighted by Crippen LogP contribution is -2.17. The van der Waals surface area contributed by atoms with Gasteiger partial charge in [-0.1, -0.05) is 12.1 Å². The highest BCUT2D eigenvalue weighted by molar-refractivity contribution is 5.23. The Morgan fingerprint density at radius 3 is 2.86 bits per heavy atom. The maximum absolute atomic E-state index is 13.1. The Labute approximate surface area is 84.3 Å². The molecule has 0 radical (unpaired) electrons. The summed E-state index contributed by atoms with van der Waals surface area (Å²) in [7, 11) is 0. The molecule has 0 aliphatic rings. The van der Waals surface area contributed by atoms with Crippen LogP contribution in [-0.4, -0.2) is 13.1 Å². The van der Waals surface area contributed by atoms with E-state index < -0.39 is 0 Å². The fourth-order valence-electron chi connectivity index (χ4n) is 1.21. The number of nitrogens with one attached hydrogen (secondary N) is 1. The molecule has 1 aromatic carbocycles. The van der Waals surface area contributed by atoms with E-state index in [2.05, 4.69) is 5.32 Å². The zero-order chi connectivity index (χ0) is 10.4. The van der Waals surface area contributed by atoms with Gasteiger partial charge in [-0.2, -0.15) is 0 Å². The first-order valence-electron chi connectivity index (χ1n) is 4.90. The van der Waals surface area contributed by atoms with Crippen LogP contribution in [0.15, 0.2) is 18.2 Å². The second kappa shape index (κ2) is 5.73. The summed E-state index contributed by atoms with van der Waals surface area (Å²) < 4.78 is 13.1. The normalized spacial score (nSPS) is 10.5. The lowest BCUT2D eigenvalue weighted by Gasteiger charge is -2.05. The summed E-state index contributed by atoms with van der Waals surface area (Å²) in [6.45, 7) is 4.04. The molecule has 0 saturated carbocycles. The standard InChI is InChI=1S/C11H17FN2/c1-9-3-4-10(7-11(9)12)8-14-6-2-5-13/h3-4,7,14H,2,5-6,8,13H2,1H3. The van der Waals surface area contributed by atoms with E-state index in [0.717, 1.165) is 18.5 Å². The molecule has 1 aromatic rings. The number of rotatable bonds is 5. The van der Waals surface area contributed by atoms with Crippen molar-refractivity contribution in [2.75, 3.05) is 13.1 Å². The summed E-state index contributed by atoms with van der Waals surface area (Å²) in [4.78, 5) is 0. The third kappa shape index (κ3) is 3.44. The molecular weight excluding hydrogens is 179 g/mol. The molecular formula is C11H17FN2. The minimum Gasteiger partial charge on any atom is -0.330 e. The smallest absolute Gasteiger partial charge is 0.126 e. The van der Waals surface area contributed by atoms with E-state index in [1.54, 1.807) is 19.1 Å². The van der Waals surface area contributed by atoms with Gasteiger partial charge in [-0.3, -0.25) is 0 Å². The summed E-state index contributed by atoms with van der Waals surface area (Å²) >= 11 is 0. The zero-order valence-corrected chi connectivity index (χ0v) is 8.52. The monoisotopic (exact) mass is 196 g/mol. The van der Waals surface area contributed by atoms with Crippen LogP contribution in [0.4, 0.5) is 4.39 Å².